The number of phenols is 1. The summed E-state index contributed by atoms with van der Waals surface area (Å²) in [6, 6.07) is 10.5. The summed E-state index contributed by atoms with van der Waals surface area (Å²) in [4.78, 5) is 14.2. The lowest BCUT2D eigenvalue weighted by molar-refractivity contribution is -0.131. The fourth-order valence-electron chi connectivity index (χ4n) is 3.08. The minimum Gasteiger partial charge on any atom is -0.508 e. The number of rotatable bonds is 4. The van der Waals surface area contributed by atoms with Crippen LogP contribution in [0.15, 0.2) is 42.5 Å². The second-order valence-corrected chi connectivity index (χ2v) is 6.26. The smallest absolute Gasteiger partial charge is 0.227 e. The number of likely N-dealkylation sites (tertiary alicyclic amines) is 1. The highest BCUT2D eigenvalue weighted by Crippen LogP contribution is 2.21. The highest BCUT2D eigenvalue weighted by molar-refractivity contribution is 5.79. The van der Waals surface area contributed by atoms with E-state index in [1.165, 1.54) is 6.07 Å². The summed E-state index contributed by atoms with van der Waals surface area (Å²) < 4.78 is 26.3. The van der Waals surface area contributed by atoms with Crippen LogP contribution in [0.4, 0.5) is 14.5 Å². The molecule has 6 heteroatoms. The van der Waals surface area contributed by atoms with Crippen LogP contribution in [-0.4, -0.2) is 35.0 Å². The molecule has 1 fully saturated rings. The maximum atomic E-state index is 13.3. The fraction of sp³-hybridized carbons (Fsp3) is 0.316. The van der Waals surface area contributed by atoms with Gasteiger partial charge in [-0.05, 0) is 31.0 Å². The van der Waals surface area contributed by atoms with E-state index in [9.17, 15) is 18.7 Å². The fourth-order valence-corrected chi connectivity index (χ4v) is 3.08. The van der Waals surface area contributed by atoms with Crippen LogP contribution in [0.5, 0.6) is 5.75 Å². The normalized spacial score (nSPS) is 17.4. The van der Waals surface area contributed by atoms with E-state index in [-0.39, 0.29) is 24.1 Å². The zero-order valence-electron chi connectivity index (χ0n) is 13.7. The van der Waals surface area contributed by atoms with Crippen molar-refractivity contribution in [3.05, 3.63) is 59.7 Å². The van der Waals surface area contributed by atoms with Crippen LogP contribution in [-0.2, 0) is 11.2 Å². The largest absolute Gasteiger partial charge is 0.508 e. The van der Waals surface area contributed by atoms with Crippen LogP contribution in [0, 0.1) is 11.6 Å². The maximum Gasteiger partial charge on any atom is 0.227 e. The predicted molar refractivity (Wildman–Crippen MR) is 91.4 cm³/mol. The summed E-state index contributed by atoms with van der Waals surface area (Å²) in [5.74, 6) is -1.72. The molecule has 25 heavy (non-hydrogen) atoms. The average Bonchev–Trinajstić information content (AvgIpc) is 2.60. The van der Waals surface area contributed by atoms with Crippen LogP contribution in [0.2, 0.25) is 0 Å². The minimum absolute atomic E-state index is 0.0214. The Labute approximate surface area is 145 Å². The summed E-state index contributed by atoms with van der Waals surface area (Å²) in [5, 5.41) is 13.0. The van der Waals surface area contributed by atoms with Crippen molar-refractivity contribution in [3.63, 3.8) is 0 Å². The number of hydrogen-bond acceptors (Lipinski definition) is 3. The van der Waals surface area contributed by atoms with E-state index in [0.717, 1.165) is 25.0 Å². The number of anilines is 1. The zero-order valence-corrected chi connectivity index (χ0v) is 13.7. The van der Waals surface area contributed by atoms with Crippen LogP contribution < -0.4 is 5.32 Å². The number of carbonyl (C=O) groups is 1. The first-order chi connectivity index (χ1) is 12.0. The Hall–Kier alpha value is -2.63. The van der Waals surface area contributed by atoms with Crippen LogP contribution in [0.3, 0.4) is 0 Å². The molecule has 1 aliphatic heterocycles. The average molecular weight is 346 g/mol. The van der Waals surface area contributed by atoms with Gasteiger partial charge in [0.1, 0.15) is 5.75 Å². The number of nitrogens with one attached hydrogen (secondary N) is 1. The van der Waals surface area contributed by atoms with Gasteiger partial charge in [-0.25, -0.2) is 8.78 Å². The molecule has 2 aromatic carbocycles. The molecule has 0 bridgehead atoms. The quantitative estimate of drug-likeness (QED) is 0.893. The predicted octanol–water partition coefficient (Wildman–Crippen LogP) is 3.32. The third-order valence-corrected chi connectivity index (χ3v) is 4.40. The third kappa shape index (κ3) is 4.26. The number of hydrogen-bond donors (Lipinski definition) is 2. The first kappa shape index (κ1) is 17.2. The Morgan fingerprint density at radius 2 is 2.00 bits per heavy atom. The molecule has 0 saturated carbocycles. The Balaban J connectivity index is 1.61. The minimum atomic E-state index is -0.895. The van der Waals surface area contributed by atoms with E-state index in [2.05, 4.69) is 5.32 Å². The van der Waals surface area contributed by atoms with Crippen molar-refractivity contribution in [1.29, 1.82) is 0 Å². The van der Waals surface area contributed by atoms with Crippen molar-refractivity contribution in [2.45, 2.75) is 25.3 Å². The molecule has 0 aliphatic carbocycles. The highest BCUT2D eigenvalue weighted by atomic mass is 19.2. The van der Waals surface area contributed by atoms with E-state index in [0.29, 0.717) is 24.3 Å². The van der Waals surface area contributed by atoms with Gasteiger partial charge in [0.15, 0.2) is 11.6 Å². The molecule has 3 rings (SSSR count). The van der Waals surface area contributed by atoms with Crippen molar-refractivity contribution >= 4 is 11.6 Å². The molecule has 4 nitrogen and oxygen atoms in total. The van der Waals surface area contributed by atoms with Crippen molar-refractivity contribution in [2.24, 2.45) is 0 Å². The number of nitrogens with zero attached hydrogens (tertiary/aromatic N) is 1. The van der Waals surface area contributed by atoms with Gasteiger partial charge in [-0.2, -0.15) is 0 Å². The van der Waals surface area contributed by atoms with E-state index >= 15 is 0 Å². The third-order valence-electron chi connectivity index (χ3n) is 4.40. The number of aromatic hydroxyl groups is 1. The van der Waals surface area contributed by atoms with Gasteiger partial charge < -0.3 is 15.3 Å². The summed E-state index contributed by atoms with van der Waals surface area (Å²) in [7, 11) is 0. The Morgan fingerprint density at radius 1 is 1.20 bits per heavy atom. The SMILES string of the molecule is O=C(Cc1ccccc1O)N1CCC[C@@H](Nc2ccc(F)c(F)c2)C1. The topological polar surface area (TPSA) is 52.6 Å². The number of para-hydroxylation sites is 1. The van der Waals surface area contributed by atoms with Gasteiger partial charge in [-0.3, -0.25) is 4.79 Å². The van der Waals surface area contributed by atoms with Gasteiger partial charge in [0.25, 0.3) is 0 Å². The zero-order chi connectivity index (χ0) is 17.8. The molecule has 0 spiro atoms. The first-order valence-electron chi connectivity index (χ1n) is 8.29. The molecular formula is C19H20F2N2O2. The van der Waals surface area contributed by atoms with Crippen molar-refractivity contribution in [3.8, 4) is 5.75 Å². The number of piperidine rings is 1. The molecule has 0 radical (unpaired) electrons. The summed E-state index contributed by atoms with van der Waals surface area (Å²) in [6.07, 6.45) is 1.82. The summed E-state index contributed by atoms with van der Waals surface area (Å²) in [5.41, 5.74) is 1.10. The van der Waals surface area contributed by atoms with E-state index in [1.54, 1.807) is 29.2 Å². The van der Waals surface area contributed by atoms with Gasteiger partial charge in [-0.1, -0.05) is 18.2 Å². The van der Waals surface area contributed by atoms with Gasteiger partial charge in [0, 0.05) is 36.4 Å². The molecule has 2 N–H and O–H groups in total. The Bertz CT molecular complexity index is 767. The number of phenolic OH excluding ortho intramolecular Hbond substituents is 1. The van der Waals surface area contributed by atoms with Crippen LogP contribution in [0.1, 0.15) is 18.4 Å². The molecule has 1 aliphatic rings. The first-order valence-corrected chi connectivity index (χ1v) is 8.29. The van der Waals surface area contributed by atoms with Gasteiger partial charge in [-0.15, -0.1) is 0 Å². The Morgan fingerprint density at radius 3 is 2.76 bits per heavy atom. The summed E-state index contributed by atoms with van der Waals surface area (Å²) >= 11 is 0. The second-order valence-electron chi connectivity index (χ2n) is 6.26. The van der Waals surface area contributed by atoms with Crippen LogP contribution in [0.25, 0.3) is 0 Å². The molecule has 1 atom stereocenters. The van der Waals surface area contributed by atoms with E-state index in [4.69, 9.17) is 0 Å². The van der Waals surface area contributed by atoms with Gasteiger partial charge >= 0.3 is 0 Å². The van der Waals surface area contributed by atoms with Crippen molar-refractivity contribution < 1.29 is 18.7 Å². The Kier molecular flexibility index (Phi) is 5.16. The van der Waals surface area contributed by atoms with E-state index in [1.807, 2.05) is 0 Å². The number of carbonyl (C=O) groups excluding carboxylic acids is 1. The molecule has 1 heterocycles. The number of benzene rings is 2. The standard InChI is InChI=1S/C19H20F2N2O2/c20-16-8-7-14(11-17(16)21)22-15-5-3-9-23(12-15)19(25)10-13-4-1-2-6-18(13)24/h1-2,4,6-8,11,15,22,24H,3,5,9-10,12H2/t15-/m1/s1. The van der Waals surface area contributed by atoms with Gasteiger partial charge in [0.2, 0.25) is 5.91 Å². The highest BCUT2D eigenvalue weighted by Gasteiger charge is 2.24. The second kappa shape index (κ2) is 7.51. The molecule has 1 saturated heterocycles. The lowest BCUT2D eigenvalue weighted by atomic mass is 10.0. The number of amides is 1. The molecular weight excluding hydrogens is 326 g/mol. The molecule has 132 valence electrons. The molecule has 1 amide bonds. The lowest BCUT2D eigenvalue weighted by Gasteiger charge is -2.34. The van der Waals surface area contributed by atoms with Gasteiger partial charge in [0.05, 0.1) is 6.42 Å². The summed E-state index contributed by atoms with van der Waals surface area (Å²) in [6.45, 7) is 1.15. The number of halogens is 2. The monoisotopic (exact) mass is 346 g/mol. The van der Waals surface area contributed by atoms with Crippen LogP contribution >= 0.6 is 0 Å². The van der Waals surface area contributed by atoms with Crippen molar-refractivity contribution in [1.82, 2.24) is 4.90 Å². The molecule has 0 unspecified atom stereocenters. The maximum absolute atomic E-state index is 13.3. The van der Waals surface area contributed by atoms with E-state index < -0.39 is 11.6 Å². The molecule has 0 aromatic heterocycles. The van der Waals surface area contributed by atoms with Crippen molar-refractivity contribution in [2.75, 3.05) is 18.4 Å². The molecule has 2 aromatic rings. The lowest BCUT2D eigenvalue weighted by Crippen LogP contribution is -2.45.